The van der Waals surface area contributed by atoms with Crippen molar-refractivity contribution in [3.63, 3.8) is 0 Å². The summed E-state index contributed by atoms with van der Waals surface area (Å²) in [6.07, 6.45) is 2.84. The Hall–Kier alpha value is -2.80. The molecule has 0 radical (unpaired) electrons. The maximum absolute atomic E-state index is 14.3. The molecule has 2 saturated heterocycles. The Bertz CT molecular complexity index is 958. The Morgan fingerprint density at radius 2 is 2.00 bits per heavy atom. The summed E-state index contributed by atoms with van der Waals surface area (Å²) in [7, 11) is 0. The molecule has 2 fully saturated rings. The number of hydrogen-bond donors (Lipinski definition) is 2. The van der Waals surface area contributed by atoms with Crippen molar-refractivity contribution >= 4 is 6.09 Å². The molecule has 3 heterocycles. The maximum atomic E-state index is 14.3. The van der Waals surface area contributed by atoms with Crippen LogP contribution < -0.4 is 5.32 Å². The second-order valence-corrected chi connectivity index (χ2v) is 9.04. The van der Waals surface area contributed by atoms with Crippen molar-refractivity contribution in [3.05, 3.63) is 70.6 Å². The third kappa shape index (κ3) is 3.94. The average molecular weight is 425 g/mol. The monoisotopic (exact) mass is 424 g/mol. The third-order valence-electron chi connectivity index (χ3n) is 6.83. The van der Waals surface area contributed by atoms with Crippen LogP contribution in [0.15, 0.2) is 65.0 Å². The van der Waals surface area contributed by atoms with Gasteiger partial charge in [0.2, 0.25) is 0 Å². The molecule has 7 heteroatoms. The number of rotatable bonds is 4. The number of alkyl halides is 1. The van der Waals surface area contributed by atoms with Crippen LogP contribution >= 0.6 is 0 Å². The highest BCUT2D eigenvalue weighted by molar-refractivity contribution is 5.65. The number of halogens is 1. The van der Waals surface area contributed by atoms with E-state index in [2.05, 4.69) is 64.5 Å². The number of piperazine rings is 1. The number of fused-ring (bicyclic) bond motifs is 2. The minimum Gasteiger partial charge on any atom is -0.465 e. The van der Waals surface area contributed by atoms with Crippen LogP contribution in [0.5, 0.6) is 0 Å². The van der Waals surface area contributed by atoms with Crippen LogP contribution in [0, 0.1) is 0 Å². The lowest BCUT2D eigenvalue weighted by molar-refractivity contribution is 0.134. The molecule has 164 valence electrons. The molecule has 0 bridgehead atoms. The maximum Gasteiger partial charge on any atom is 0.407 e. The van der Waals surface area contributed by atoms with Crippen molar-refractivity contribution in [2.24, 2.45) is 0 Å². The van der Waals surface area contributed by atoms with Gasteiger partial charge in [-0.2, -0.15) is 0 Å². The van der Waals surface area contributed by atoms with Crippen LogP contribution in [0.3, 0.4) is 0 Å². The van der Waals surface area contributed by atoms with E-state index in [9.17, 15) is 9.18 Å². The predicted molar refractivity (Wildman–Crippen MR) is 117 cm³/mol. The molecule has 1 amide bonds. The van der Waals surface area contributed by atoms with Crippen molar-refractivity contribution in [1.29, 1.82) is 0 Å². The zero-order valence-corrected chi connectivity index (χ0v) is 17.8. The van der Waals surface area contributed by atoms with E-state index in [0.717, 1.165) is 43.2 Å². The topological polar surface area (TPSA) is 59.1 Å². The number of amides is 1. The first-order valence-electron chi connectivity index (χ1n) is 11.0. The lowest BCUT2D eigenvalue weighted by Crippen LogP contribution is -2.48. The number of nitrogens with zero attached hydrogens (tertiary/aromatic N) is 3. The van der Waals surface area contributed by atoms with Gasteiger partial charge in [-0.1, -0.05) is 36.4 Å². The molecule has 6 nitrogen and oxygen atoms in total. The number of hydrogen-bond acceptors (Lipinski definition) is 4. The fourth-order valence-electron chi connectivity index (χ4n) is 5.26. The van der Waals surface area contributed by atoms with Crippen molar-refractivity contribution < 1.29 is 14.3 Å². The molecular weight excluding hydrogens is 395 g/mol. The van der Waals surface area contributed by atoms with Crippen molar-refractivity contribution in [2.45, 2.75) is 38.1 Å². The van der Waals surface area contributed by atoms with Gasteiger partial charge in [0.15, 0.2) is 0 Å². The van der Waals surface area contributed by atoms with E-state index in [1.807, 2.05) is 0 Å². The molecule has 0 aromatic heterocycles. The summed E-state index contributed by atoms with van der Waals surface area (Å²) in [5.74, 6) is 0. The van der Waals surface area contributed by atoms with Gasteiger partial charge in [0, 0.05) is 50.2 Å². The summed E-state index contributed by atoms with van der Waals surface area (Å²) in [6.45, 7) is 6.25. The second kappa shape index (κ2) is 8.04. The van der Waals surface area contributed by atoms with E-state index in [0.29, 0.717) is 6.04 Å². The molecule has 0 unspecified atom stereocenters. The minimum absolute atomic E-state index is 0.0608. The third-order valence-corrected chi connectivity index (χ3v) is 6.83. The van der Waals surface area contributed by atoms with Crippen LogP contribution in [-0.2, 0) is 6.54 Å². The number of nitrogens with one attached hydrogen (secondary N) is 1. The molecule has 0 saturated carbocycles. The van der Waals surface area contributed by atoms with Gasteiger partial charge in [-0.05, 0) is 36.1 Å². The van der Waals surface area contributed by atoms with E-state index in [4.69, 9.17) is 5.11 Å². The van der Waals surface area contributed by atoms with Gasteiger partial charge in [0.25, 0.3) is 0 Å². The number of benzene rings is 1. The first-order chi connectivity index (χ1) is 15.0. The summed E-state index contributed by atoms with van der Waals surface area (Å²) >= 11 is 0. The van der Waals surface area contributed by atoms with Crippen LogP contribution in [-0.4, -0.2) is 76.9 Å². The molecule has 3 aliphatic heterocycles. The van der Waals surface area contributed by atoms with Crippen molar-refractivity contribution in [3.8, 4) is 0 Å². The molecule has 4 aliphatic rings. The smallest absolute Gasteiger partial charge is 0.407 e. The lowest BCUT2D eigenvalue weighted by Gasteiger charge is -2.41. The zero-order chi connectivity index (χ0) is 21.5. The highest BCUT2D eigenvalue weighted by atomic mass is 19.1. The Labute approximate surface area is 182 Å². The Balaban J connectivity index is 1.28. The highest BCUT2D eigenvalue weighted by Gasteiger charge is 2.38. The molecule has 1 aromatic carbocycles. The predicted octanol–water partition coefficient (Wildman–Crippen LogP) is 2.96. The molecule has 1 aromatic rings. The quantitative estimate of drug-likeness (QED) is 0.778. The van der Waals surface area contributed by atoms with Gasteiger partial charge in [0.05, 0.1) is 12.6 Å². The first kappa shape index (κ1) is 20.1. The Morgan fingerprint density at radius 3 is 2.74 bits per heavy atom. The molecule has 2 N–H and O–H groups in total. The van der Waals surface area contributed by atoms with Crippen LogP contribution in [0.2, 0.25) is 0 Å². The van der Waals surface area contributed by atoms with Crippen LogP contribution in [0.4, 0.5) is 9.18 Å². The number of carbonyl (C=O) groups is 1. The van der Waals surface area contributed by atoms with Gasteiger partial charge < -0.3 is 20.2 Å². The van der Waals surface area contributed by atoms with Gasteiger partial charge in [-0.15, -0.1) is 0 Å². The standard InChI is InChI=1S/C24H29FN4O2/c1-16-10-27(11-17-5-3-2-4-6-17)15-23-20-8-7-19(9-18(20)12-29(16)23)26-22-14-28(24(30)31)13-21(22)25/h2-7,9,16,21-22,26H,8,10-15H2,1H3,(H,30,31)/t16-,21-,22+/m1/s1. The van der Waals surface area contributed by atoms with E-state index in [1.54, 1.807) is 0 Å². The fraction of sp³-hybridized carbons (Fsp3) is 0.458. The van der Waals surface area contributed by atoms with Crippen LogP contribution in [0.1, 0.15) is 18.9 Å². The number of carboxylic acid groups (broad SMARTS) is 1. The second-order valence-electron chi connectivity index (χ2n) is 9.04. The summed E-state index contributed by atoms with van der Waals surface area (Å²) in [5.41, 5.74) is 6.36. The van der Waals surface area contributed by atoms with E-state index >= 15 is 0 Å². The number of allylic oxidation sites excluding steroid dienone is 2. The summed E-state index contributed by atoms with van der Waals surface area (Å²) in [4.78, 5) is 17.3. The van der Waals surface area contributed by atoms with E-state index < -0.39 is 18.3 Å². The van der Waals surface area contributed by atoms with Crippen molar-refractivity contribution in [1.82, 2.24) is 20.0 Å². The zero-order valence-electron chi connectivity index (χ0n) is 17.8. The number of likely N-dealkylation sites (tertiary alicyclic amines) is 1. The molecule has 5 rings (SSSR count). The summed E-state index contributed by atoms with van der Waals surface area (Å²) < 4.78 is 14.3. The Kier molecular flexibility index (Phi) is 5.22. The largest absolute Gasteiger partial charge is 0.465 e. The van der Waals surface area contributed by atoms with Gasteiger partial charge in [0.1, 0.15) is 6.17 Å². The molecule has 0 spiro atoms. The van der Waals surface area contributed by atoms with Crippen molar-refractivity contribution in [2.75, 3.05) is 32.7 Å². The van der Waals surface area contributed by atoms with Gasteiger partial charge >= 0.3 is 6.09 Å². The minimum atomic E-state index is -1.18. The lowest BCUT2D eigenvalue weighted by atomic mass is 9.96. The molecule has 31 heavy (non-hydrogen) atoms. The molecule has 1 aliphatic carbocycles. The average Bonchev–Trinajstić information content (AvgIpc) is 3.30. The first-order valence-corrected chi connectivity index (χ1v) is 11.0. The summed E-state index contributed by atoms with van der Waals surface area (Å²) in [5, 5.41) is 12.4. The fourth-order valence-corrected chi connectivity index (χ4v) is 5.26. The normalized spacial score (nSPS) is 28.3. The summed E-state index contributed by atoms with van der Waals surface area (Å²) in [6, 6.07) is 10.6. The Morgan fingerprint density at radius 1 is 1.19 bits per heavy atom. The molecule has 3 atom stereocenters. The van der Waals surface area contributed by atoms with E-state index in [-0.39, 0.29) is 13.1 Å². The van der Waals surface area contributed by atoms with Gasteiger partial charge in [-0.3, -0.25) is 4.90 Å². The van der Waals surface area contributed by atoms with E-state index in [1.165, 1.54) is 22.4 Å². The molecular formula is C24H29FN4O2. The highest BCUT2D eigenvalue weighted by Crippen LogP contribution is 2.38. The van der Waals surface area contributed by atoms with Gasteiger partial charge in [-0.25, -0.2) is 9.18 Å². The van der Waals surface area contributed by atoms with Crippen LogP contribution in [0.25, 0.3) is 0 Å². The SMILES string of the molecule is C[C@@H]1CN(Cc2ccccc2)CC2=C3CC=C(N[C@H]4CN(C(=O)O)C[C@H]4F)C=C3CN21.